The molecular weight excluding hydrogens is 514 g/mol. The molecule has 3 amide bonds. The van der Waals surface area contributed by atoms with Crippen LogP contribution in [0.5, 0.6) is 0 Å². The molecule has 3 N–H and O–H groups in total. The van der Waals surface area contributed by atoms with Crippen LogP contribution in [0.1, 0.15) is 58.9 Å². The first kappa shape index (κ1) is 32.9. The van der Waals surface area contributed by atoms with E-state index in [9.17, 15) is 24.0 Å². The summed E-state index contributed by atoms with van der Waals surface area (Å²) in [5.41, 5.74) is 1.00. The van der Waals surface area contributed by atoms with E-state index in [0.717, 1.165) is 12.0 Å². The number of alkyl halides is 1. The summed E-state index contributed by atoms with van der Waals surface area (Å²) in [5.74, 6) is -3.45. The number of carbonyl (C=O) groups excluding carboxylic acids is 5. The number of hydrogen-bond donors (Lipinski definition) is 3. The maximum atomic E-state index is 13.2. The third-order valence-corrected chi connectivity index (χ3v) is 5.68. The quantitative estimate of drug-likeness (QED) is 0.153. The zero-order valence-corrected chi connectivity index (χ0v) is 23.3. The van der Waals surface area contributed by atoms with Crippen LogP contribution in [0.3, 0.4) is 0 Å². The van der Waals surface area contributed by atoms with Crippen LogP contribution in [0.25, 0.3) is 0 Å². The van der Waals surface area contributed by atoms with Crippen molar-refractivity contribution in [2.75, 3.05) is 19.1 Å². The number of aryl methyl sites for hydroxylation is 1. The summed E-state index contributed by atoms with van der Waals surface area (Å²) >= 11 is 5.46. The van der Waals surface area contributed by atoms with Crippen LogP contribution in [0.15, 0.2) is 30.3 Å². The molecule has 0 spiro atoms. The summed E-state index contributed by atoms with van der Waals surface area (Å²) in [6.07, 6.45) is 2.56. The fourth-order valence-corrected chi connectivity index (χ4v) is 3.60. The van der Waals surface area contributed by atoms with E-state index in [-0.39, 0.29) is 24.9 Å². The van der Waals surface area contributed by atoms with E-state index < -0.39 is 54.4 Å². The average Bonchev–Trinajstić information content (AvgIpc) is 2.88. The number of unbranched alkanes of at least 4 members (excludes halogenated alkanes) is 1. The molecule has 1 aromatic rings. The number of benzene rings is 1. The summed E-state index contributed by atoms with van der Waals surface area (Å²) in [4.78, 5) is 62.2. The Bertz CT molecular complexity index is 911. The summed E-state index contributed by atoms with van der Waals surface area (Å²) < 4.78 is 10.2. The highest BCUT2D eigenvalue weighted by molar-refractivity contribution is 6.26. The first-order valence-electron chi connectivity index (χ1n) is 12.9. The molecule has 0 aromatic heterocycles. The smallest absolute Gasteiger partial charge is 0.332 e. The minimum atomic E-state index is -1.28. The normalized spacial score (nSPS) is 13.1. The molecule has 38 heavy (non-hydrogen) atoms. The van der Waals surface area contributed by atoms with Crippen LogP contribution >= 0.6 is 11.6 Å². The third kappa shape index (κ3) is 13.4. The lowest BCUT2D eigenvalue weighted by Crippen LogP contribution is -2.57. The van der Waals surface area contributed by atoms with Gasteiger partial charge in [0, 0.05) is 6.92 Å². The Morgan fingerprint density at radius 1 is 0.895 bits per heavy atom. The Kier molecular flexibility index (Phi) is 15.7. The van der Waals surface area contributed by atoms with Gasteiger partial charge in [-0.2, -0.15) is 0 Å². The zero-order chi connectivity index (χ0) is 28.5. The van der Waals surface area contributed by atoms with Crippen molar-refractivity contribution < 1.29 is 33.4 Å². The molecule has 0 saturated heterocycles. The van der Waals surface area contributed by atoms with Crippen molar-refractivity contribution >= 4 is 41.3 Å². The van der Waals surface area contributed by atoms with Crippen molar-refractivity contribution in [1.82, 2.24) is 16.0 Å². The van der Waals surface area contributed by atoms with Crippen molar-refractivity contribution in [3.05, 3.63) is 35.9 Å². The molecule has 0 aliphatic heterocycles. The first-order chi connectivity index (χ1) is 18.1. The highest BCUT2D eigenvalue weighted by Gasteiger charge is 2.31. The van der Waals surface area contributed by atoms with E-state index in [4.69, 9.17) is 21.1 Å². The molecule has 212 valence electrons. The standard InChI is InChI=1S/C27H40ClN3O7/c1-5-6-14-37-27(36)23(17-38-24(33)16-28)31-26(35)22(15-18(2)3)30-25(34)21(29-19(4)32)13-12-20-10-8-7-9-11-20/h7-11,18,21-23H,5-6,12-17H2,1-4H3,(H,29,32)(H,30,34)(H,31,35)/t21-,22-,23-/m0/s1. The lowest BCUT2D eigenvalue weighted by molar-refractivity contribution is -0.153. The van der Waals surface area contributed by atoms with Crippen molar-refractivity contribution in [2.45, 2.75) is 77.9 Å². The van der Waals surface area contributed by atoms with Crippen LogP contribution in [-0.4, -0.2) is 66.9 Å². The Balaban J connectivity index is 2.98. The van der Waals surface area contributed by atoms with E-state index in [2.05, 4.69) is 16.0 Å². The highest BCUT2D eigenvalue weighted by Crippen LogP contribution is 2.09. The maximum Gasteiger partial charge on any atom is 0.332 e. The molecule has 3 atom stereocenters. The minimum absolute atomic E-state index is 0.0126. The van der Waals surface area contributed by atoms with Gasteiger partial charge in [0.05, 0.1) is 6.61 Å². The lowest BCUT2D eigenvalue weighted by atomic mass is 10.0. The molecule has 0 fully saturated rings. The first-order valence-corrected chi connectivity index (χ1v) is 13.4. The van der Waals surface area contributed by atoms with Crippen molar-refractivity contribution in [1.29, 1.82) is 0 Å². The highest BCUT2D eigenvalue weighted by atomic mass is 35.5. The summed E-state index contributed by atoms with van der Waals surface area (Å²) in [5, 5.41) is 7.90. The second kappa shape index (κ2) is 18.2. The number of halogens is 1. The van der Waals surface area contributed by atoms with Gasteiger partial charge in [-0.1, -0.05) is 57.5 Å². The van der Waals surface area contributed by atoms with Gasteiger partial charge >= 0.3 is 11.9 Å². The molecule has 0 aliphatic carbocycles. The van der Waals surface area contributed by atoms with E-state index in [1.54, 1.807) is 0 Å². The molecule has 1 aromatic carbocycles. The van der Waals surface area contributed by atoms with Gasteiger partial charge in [0.2, 0.25) is 17.7 Å². The second-order valence-corrected chi connectivity index (χ2v) is 9.63. The topological polar surface area (TPSA) is 140 Å². The predicted octanol–water partition coefficient (Wildman–Crippen LogP) is 2.26. The second-order valence-electron chi connectivity index (χ2n) is 9.37. The number of ether oxygens (including phenoxy) is 2. The van der Waals surface area contributed by atoms with Gasteiger partial charge in [0.15, 0.2) is 6.04 Å². The number of hydrogen-bond acceptors (Lipinski definition) is 7. The number of amides is 3. The fraction of sp³-hybridized carbons (Fsp3) is 0.593. The summed E-state index contributed by atoms with van der Waals surface area (Å²) in [7, 11) is 0. The van der Waals surface area contributed by atoms with Gasteiger partial charge in [-0.15, -0.1) is 11.6 Å². The number of carbonyl (C=O) groups is 5. The van der Waals surface area contributed by atoms with Crippen LogP contribution in [0.2, 0.25) is 0 Å². The molecule has 1 rings (SSSR count). The lowest BCUT2D eigenvalue weighted by Gasteiger charge is -2.26. The Morgan fingerprint density at radius 3 is 2.11 bits per heavy atom. The summed E-state index contributed by atoms with van der Waals surface area (Å²) in [6, 6.07) is 6.37. The molecule has 0 bridgehead atoms. The van der Waals surface area contributed by atoms with E-state index in [1.165, 1.54) is 6.92 Å². The van der Waals surface area contributed by atoms with Crippen molar-refractivity contribution in [3.8, 4) is 0 Å². The molecular formula is C27H40ClN3O7. The van der Waals surface area contributed by atoms with E-state index >= 15 is 0 Å². The molecule has 0 aliphatic rings. The van der Waals surface area contributed by atoms with Crippen LogP contribution < -0.4 is 16.0 Å². The predicted molar refractivity (Wildman–Crippen MR) is 143 cm³/mol. The molecule has 10 nitrogen and oxygen atoms in total. The van der Waals surface area contributed by atoms with Gasteiger partial charge in [-0.05, 0) is 37.2 Å². The Labute approximate surface area is 229 Å². The van der Waals surface area contributed by atoms with Crippen molar-refractivity contribution in [2.24, 2.45) is 5.92 Å². The molecule has 11 heteroatoms. The maximum absolute atomic E-state index is 13.2. The minimum Gasteiger partial charge on any atom is -0.464 e. The number of esters is 2. The molecule has 0 radical (unpaired) electrons. The van der Waals surface area contributed by atoms with E-state index in [1.807, 2.05) is 51.1 Å². The monoisotopic (exact) mass is 553 g/mol. The SMILES string of the molecule is CCCCOC(=O)[C@H](COC(=O)CCl)NC(=O)[C@H](CC(C)C)NC(=O)[C@H](CCc1ccccc1)NC(C)=O. The van der Waals surface area contributed by atoms with Crippen LogP contribution in [0, 0.1) is 5.92 Å². The summed E-state index contributed by atoms with van der Waals surface area (Å²) in [6.45, 7) is 6.70. The Hall–Kier alpha value is -3.14. The van der Waals surface area contributed by atoms with Crippen LogP contribution in [-0.2, 0) is 39.9 Å². The van der Waals surface area contributed by atoms with E-state index in [0.29, 0.717) is 19.3 Å². The molecule has 0 saturated carbocycles. The van der Waals surface area contributed by atoms with Gasteiger partial charge < -0.3 is 25.4 Å². The van der Waals surface area contributed by atoms with Crippen LogP contribution in [0.4, 0.5) is 0 Å². The van der Waals surface area contributed by atoms with Gasteiger partial charge in [-0.25, -0.2) is 4.79 Å². The zero-order valence-electron chi connectivity index (χ0n) is 22.6. The molecule has 0 heterocycles. The average molecular weight is 554 g/mol. The van der Waals surface area contributed by atoms with Gasteiger partial charge in [0.1, 0.15) is 24.6 Å². The third-order valence-electron chi connectivity index (χ3n) is 5.46. The van der Waals surface area contributed by atoms with Gasteiger partial charge in [-0.3, -0.25) is 19.2 Å². The molecule has 0 unspecified atom stereocenters. The number of rotatable bonds is 17. The number of nitrogens with one attached hydrogen (secondary N) is 3. The fourth-order valence-electron chi connectivity index (χ4n) is 3.52. The largest absolute Gasteiger partial charge is 0.464 e. The Morgan fingerprint density at radius 2 is 1.53 bits per heavy atom. The van der Waals surface area contributed by atoms with Gasteiger partial charge in [0.25, 0.3) is 0 Å². The van der Waals surface area contributed by atoms with Crippen molar-refractivity contribution in [3.63, 3.8) is 0 Å².